The Labute approximate surface area is 110 Å². The maximum atomic E-state index is 12.4. The van der Waals surface area contributed by atoms with Gasteiger partial charge in [0.2, 0.25) is 11.8 Å². The third-order valence-electron chi connectivity index (χ3n) is 2.22. The van der Waals surface area contributed by atoms with Crippen molar-refractivity contribution < 1.29 is 40.7 Å². The van der Waals surface area contributed by atoms with E-state index >= 15 is 0 Å². The molecule has 0 saturated carbocycles. The highest BCUT2D eigenvalue weighted by molar-refractivity contribution is 5.84. The first-order chi connectivity index (χ1) is 8.95. The lowest BCUT2D eigenvalue weighted by Crippen LogP contribution is -2.50. The quantitative estimate of drug-likeness (QED) is 0.577. The predicted octanol–water partition coefficient (Wildman–Crippen LogP) is 2.14. The number of rotatable bonds is 5. The molecule has 1 amide bonds. The molecule has 0 aliphatic heterocycles. The van der Waals surface area contributed by atoms with Crippen LogP contribution in [0.3, 0.4) is 0 Å². The topological polar surface area (TPSA) is 46.6 Å². The van der Waals surface area contributed by atoms with Crippen LogP contribution in [0.4, 0.5) is 26.3 Å². The van der Waals surface area contributed by atoms with E-state index in [-0.39, 0.29) is 11.5 Å². The van der Waals surface area contributed by atoms with E-state index in [0.717, 1.165) is 6.92 Å². The summed E-state index contributed by atoms with van der Waals surface area (Å²) in [6, 6.07) is 0. The Kier molecular flexibility index (Phi) is 6.30. The minimum absolute atomic E-state index is 0.105. The average Bonchev–Trinajstić information content (AvgIpc) is 2.21. The molecule has 10 heteroatoms. The van der Waals surface area contributed by atoms with Gasteiger partial charge in [-0.15, -0.1) is 0 Å². The Morgan fingerprint density at radius 1 is 1.05 bits per heavy atom. The Hall–Kier alpha value is -1.48. The second kappa shape index (κ2) is 6.80. The van der Waals surface area contributed by atoms with Crippen molar-refractivity contribution in [2.75, 3.05) is 19.7 Å². The van der Waals surface area contributed by atoms with Crippen molar-refractivity contribution in [2.24, 2.45) is 5.92 Å². The molecule has 4 nitrogen and oxygen atoms in total. The standard InChI is InChI=1S/C10H13F6NO3/c1-3-17(5-6(18)20-4-2)8(19)7(9(11,12)13)10(14,15)16/h7H,3-5H2,1-2H3. The fourth-order valence-corrected chi connectivity index (χ4v) is 1.36. The molecule has 0 N–H and O–H groups in total. The van der Waals surface area contributed by atoms with Gasteiger partial charge in [-0.1, -0.05) is 0 Å². The number of esters is 1. The molecule has 20 heavy (non-hydrogen) atoms. The molecule has 0 aromatic rings. The Balaban J connectivity index is 5.17. The van der Waals surface area contributed by atoms with Crippen molar-refractivity contribution >= 4 is 11.9 Å². The number of alkyl halides is 6. The van der Waals surface area contributed by atoms with Crippen molar-refractivity contribution in [1.82, 2.24) is 4.90 Å². The van der Waals surface area contributed by atoms with Gasteiger partial charge in [-0.25, -0.2) is 0 Å². The minimum Gasteiger partial charge on any atom is -0.465 e. The van der Waals surface area contributed by atoms with E-state index in [2.05, 4.69) is 4.74 Å². The van der Waals surface area contributed by atoms with Gasteiger partial charge in [-0.05, 0) is 13.8 Å². The van der Waals surface area contributed by atoms with Crippen LogP contribution in [-0.2, 0) is 14.3 Å². The molecule has 0 aromatic heterocycles. The van der Waals surface area contributed by atoms with Crippen LogP contribution < -0.4 is 0 Å². The highest BCUT2D eigenvalue weighted by Crippen LogP contribution is 2.40. The van der Waals surface area contributed by atoms with E-state index in [1.807, 2.05) is 0 Å². The number of carbonyl (C=O) groups excluding carboxylic acids is 2. The monoisotopic (exact) mass is 309 g/mol. The zero-order valence-corrected chi connectivity index (χ0v) is 10.6. The molecular formula is C10H13F6NO3. The molecule has 0 unspecified atom stereocenters. The molecule has 0 aromatic carbocycles. The van der Waals surface area contributed by atoms with E-state index < -0.39 is 43.2 Å². The van der Waals surface area contributed by atoms with Gasteiger partial charge in [0, 0.05) is 6.54 Å². The first kappa shape index (κ1) is 18.5. The second-order valence-corrected chi connectivity index (χ2v) is 3.67. The van der Waals surface area contributed by atoms with Crippen LogP contribution in [0.1, 0.15) is 13.8 Å². The lowest BCUT2D eigenvalue weighted by Gasteiger charge is -2.28. The SMILES string of the molecule is CCOC(=O)CN(CC)C(=O)C(C(F)(F)F)C(F)(F)F. The van der Waals surface area contributed by atoms with Crippen LogP contribution in [0.2, 0.25) is 0 Å². The van der Waals surface area contributed by atoms with Crippen LogP contribution in [0.25, 0.3) is 0 Å². The van der Waals surface area contributed by atoms with Crippen LogP contribution in [-0.4, -0.2) is 48.8 Å². The van der Waals surface area contributed by atoms with E-state index in [0.29, 0.717) is 0 Å². The summed E-state index contributed by atoms with van der Waals surface area (Å²) in [6.45, 7) is 1.00. The Bertz CT molecular complexity index is 338. The number of hydrogen-bond donors (Lipinski definition) is 0. The Morgan fingerprint density at radius 2 is 1.50 bits per heavy atom. The van der Waals surface area contributed by atoms with Gasteiger partial charge >= 0.3 is 18.3 Å². The largest absolute Gasteiger partial charge is 0.465 e. The lowest BCUT2D eigenvalue weighted by atomic mass is 10.1. The van der Waals surface area contributed by atoms with Crippen LogP contribution in [0.15, 0.2) is 0 Å². The van der Waals surface area contributed by atoms with Crippen LogP contribution in [0, 0.1) is 5.92 Å². The Morgan fingerprint density at radius 3 is 1.80 bits per heavy atom. The molecule has 0 aliphatic rings. The highest BCUT2D eigenvalue weighted by Gasteiger charge is 2.62. The predicted molar refractivity (Wildman–Crippen MR) is 54.5 cm³/mol. The zero-order chi connectivity index (χ0) is 16.1. The molecule has 0 heterocycles. The lowest BCUT2D eigenvalue weighted by molar-refractivity contribution is -0.277. The molecule has 0 rings (SSSR count). The summed E-state index contributed by atoms with van der Waals surface area (Å²) in [7, 11) is 0. The molecular weight excluding hydrogens is 296 g/mol. The number of nitrogens with zero attached hydrogens (tertiary/aromatic N) is 1. The van der Waals surface area contributed by atoms with Crippen molar-refractivity contribution in [2.45, 2.75) is 26.2 Å². The molecule has 0 saturated heterocycles. The van der Waals surface area contributed by atoms with E-state index in [4.69, 9.17) is 0 Å². The molecule has 0 radical (unpaired) electrons. The summed E-state index contributed by atoms with van der Waals surface area (Å²) in [4.78, 5) is 22.6. The van der Waals surface area contributed by atoms with Crippen molar-refractivity contribution in [3.05, 3.63) is 0 Å². The third kappa shape index (κ3) is 5.25. The first-order valence-corrected chi connectivity index (χ1v) is 5.52. The number of hydrogen-bond acceptors (Lipinski definition) is 3. The fourth-order valence-electron chi connectivity index (χ4n) is 1.36. The van der Waals surface area contributed by atoms with Crippen molar-refractivity contribution in [3.63, 3.8) is 0 Å². The van der Waals surface area contributed by atoms with Gasteiger partial charge in [0.05, 0.1) is 6.61 Å². The summed E-state index contributed by atoms with van der Waals surface area (Å²) in [6.07, 6.45) is -11.6. The molecule has 0 atom stereocenters. The van der Waals surface area contributed by atoms with Gasteiger partial charge in [0.15, 0.2) is 0 Å². The van der Waals surface area contributed by atoms with Crippen LogP contribution in [0.5, 0.6) is 0 Å². The van der Waals surface area contributed by atoms with Gasteiger partial charge in [-0.3, -0.25) is 9.59 Å². The first-order valence-electron chi connectivity index (χ1n) is 5.52. The van der Waals surface area contributed by atoms with E-state index in [1.165, 1.54) is 6.92 Å². The smallest absolute Gasteiger partial charge is 0.409 e. The number of ether oxygens (including phenoxy) is 1. The molecule has 0 bridgehead atoms. The van der Waals surface area contributed by atoms with Gasteiger partial charge < -0.3 is 9.64 Å². The highest BCUT2D eigenvalue weighted by atomic mass is 19.4. The van der Waals surface area contributed by atoms with Gasteiger partial charge in [0.25, 0.3) is 0 Å². The zero-order valence-electron chi connectivity index (χ0n) is 10.6. The number of carbonyl (C=O) groups is 2. The molecule has 0 aliphatic carbocycles. The summed E-state index contributed by atoms with van der Waals surface area (Å²) in [5, 5.41) is 0. The van der Waals surface area contributed by atoms with Crippen molar-refractivity contribution in [3.8, 4) is 0 Å². The molecule has 0 fully saturated rings. The van der Waals surface area contributed by atoms with Gasteiger partial charge in [-0.2, -0.15) is 26.3 Å². The summed E-state index contributed by atoms with van der Waals surface area (Å²) < 4.78 is 78.6. The van der Waals surface area contributed by atoms with Crippen LogP contribution >= 0.6 is 0 Å². The summed E-state index contributed by atoms with van der Waals surface area (Å²) in [5.41, 5.74) is 0. The molecule has 0 spiro atoms. The molecule has 118 valence electrons. The maximum Gasteiger partial charge on any atom is 0.409 e. The van der Waals surface area contributed by atoms with Crippen molar-refractivity contribution in [1.29, 1.82) is 0 Å². The second-order valence-electron chi connectivity index (χ2n) is 3.67. The van der Waals surface area contributed by atoms with Gasteiger partial charge in [0.1, 0.15) is 6.54 Å². The average molecular weight is 309 g/mol. The fraction of sp³-hybridized carbons (Fsp3) is 0.800. The summed E-state index contributed by atoms with van der Waals surface area (Å²) >= 11 is 0. The number of amides is 1. The summed E-state index contributed by atoms with van der Waals surface area (Å²) in [5.74, 6) is -7.45. The number of likely N-dealkylation sites (N-methyl/N-ethyl adjacent to an activating group) is 1. The van der Waals surface area contributed by atoms with E-state index in [1.54, 1.807) is 0 Å². The minimum atomic E-state index is -5.78. The normalized spacial score (nSPS) is 12.4. The number of halogens is 6. The maximum absolute atomic E-state index is 12.4. The van der Waals surface area contributed by atoms with E-state index in [9.17, 15) is 35.9 Å². The third-order valence-corrected chi connectivity index (χ3v) is 2.22.